The molecule has 0 unspecified atom stereocenters. The molecule has 0 radical (unpaired) electrons. The summed E-state index contributed by atoms with van der Waals surface area (Å²) in [6.45, 7) is 5.33. The number of rotatable bonds is 5. The van der Waals surface area contributed by atoms with Crippen molar-refractivity contribution in [3.63, 3.8) is 0 Å². The molecule has 0 aliphatic rings. The zero-order valence-corrected chi connectivity index (χ0v) is 10.5. The summed E-state index contributed by atoms with van der Waals surface area (Å²) in [4.78, 5) is 0. The largest absolute Gasteiger partial charge is 0.304 e. The van der Waals surface area contributed by atoms with Gasteiger partial charge in [0.15, 0.2) is 4.77 Å². The lowest BCUT2D eigenvalue weighted by molar-refractivity contribution is 0.504. The van der Waals surface area contributed by atoms with Crippen molar-refractivity contribution in [3.8, 4) is 0 Å². The van der Waals surface area contributed by atoms with Crippen molar-refractivity contribution in [2.75, 3.05) is 12.0 Å². The second-order valence-corrected chi connectivity index (χ2v) is 5.06. The predicted molar refractivity (Wildman–Crippen MR) is 64.3 cm³/mol. The maximum atomic E-state index is 5.18. The van der Waals surface area contributed by atoms with Crippen molar-refractivity contribution in [1.82, 2.24) is 14.8 Å². The fourth-order valence-corrected chi connectivity index (χ4v) is 1.90. The summed E-state index contributed by atoms with van der Waals surface area (Å²) in [7, 11) is 0. The van der Waals surface area contributed by atoms with Crippen LogP contribution in [0.25, 0.3) is 0 Å². The van der Waals surface area contributed by atoms with Gasteiger partial charge in [0.2, 0.25) is 0 Å². The van der Waals surface area contributed by atoms with Crippen molar-refractivity contribution in [1.29, 1.82) is 0 Å². The molecule has 0 amide bonds. The monoisotopic (exact) mass is 231 g/mol. The van der Waals surface area contributed by atoms with Crippen LogP contribution in [0.2, 0.25) is 0 Å². The first kappa shape index (κ1) is 11.8. The maximum Gasteiger partial charge on any atom is 0.195 e. The van der Waals surface area contributed by atoms with E-state index < -0.39 is 0 Å². The van der Waals surface area contributed by atoms with Crippen molar-refractivity contribution >= 4 is 24.0 Å². The zero-order chi connectivity index (χ0) is 10.6. The van der Waals surface area contributed by atoms with E-state index in [1.54, 1.807) is 0 Å². The van der Waals surface area contributed by atoms with E-state index in [1.807, 2.05) is 11.8 Å². The van der Waals surface area contributed by atoms with Crippen LogP contribution < -0.4 is 0 Å². The van der Waals surface area contributed by atoms with Gasteiger partial charge in [0.05, 0.1) is 0 Å². The summed E-state index contributed by atoms with van der Waals surface area (Å²) < 4.78 is 2.85. The number of aryl methyl sites for hydroxylation is 1. The lowest BCUT2D eigenvalue weighted by Crippen LogP contribution is -2.09. The highest BCUT2D eigenvalue weighted by Gasteiger charge is 2.06. The van der Waals surface area contributed by atoms with E-state index in [4.69, 9.17) is 12.2 Å². The van der Waals surface area contributed by atoms with Gasteiger partial charge in [-0.3, -0.25) is 5.10 Å². The molecule has 0 spiro atoms. The van der Waals surface area contributed by atoms with Gasteiger partial charge < -0.3 is 4.57 Å². The first-order valence-corrected chi connectivity index (χ1v) is 6.58. The number of thioether (sulfide) groups is 1. The van der Waals surface area contributed by atoms with E-state index in [-0.39, 0.29) is 0 Å². The van der Waals surface area contributed by atoms with Crippen molar-refractivity contribution < 1.29 is 0 Å². The smallest absolute Gasteiger partial charge is 0.195 e. The van der Waals surface area contributed by atoms with Crippen molar-refractivity contribution in [2.45, 2.75) is 26.8 Å². The molecule has 5 heteroatoms. The molecule has 1 aromatic heterocycles. The maximum absolute atomic E-state index is 5.18. The van der Waals surface area contributed by atoms with Crippen LogP contribution in [0.4, 0.5) is 0 Å². The third kappa shape index (κ3) is 3.13. The number of aromatic amines is 1. The Bertz CT molecular complexity index is 327. The Hall–Kier alpha value is -0.290. The van der Waals surface area contributed by atoms with E-state index in [2.05, 4.69) is 34.9 Å². The molecule has 0 aromatic carbocycles. The van der Waals surface area contributed by atoms with Gasteiger partial charge in [0.1, 0.15) is 5.82 Å². The molecule has 1 aromatic rings. The molecule has 0 bridgehead atoms. The van der Waals surface area contributed by atoms with Crippen LogP contribution in [0, 0.1) is 10.7 Å². The molecule has 1 heterocycles. The third-order valence-corrected chi connectivity index (χ3v) is 2.84. The van der Waals surface area contributed by atoms with Crippen LogP contribution in [-0.4, -0.2) is 26.8 Å². The number of aromatic nitrogens is 3. The van der Waals surface area contributed by atoms with Crippen LogP contribution >= 0.6 is 24.0 Å². The van der Waals surface area contributed by atoms with E-state index in [9.17, 15) is 0 Å². The Kier molecular flexibility index (Phi) is 4.68. The fourth-order valence-electron chi connectivity index (χ4n) is 1.29. The number of nitrogens with one attached hydrogen (secondary N) is 1. The highest BCUT2D eigenvalue weighted by molar-refractivity contribution is 7.98. The highest BCUT2D eigenvalue weighted by atomic mass is 32.2. The van der Waals surface area contributed by atoms with Gasteiger partial charge in [0, 0.05) is 18.7 Å². The summed E-state index contributed by atoms with van der Waals surface area (Å²) in [5.41, 5.74) is 0. The molecular formula is C9H17N3S2. The lowest BCUT2D eigenvalue weighted by Gasteiger charge is -2.08. The Morgan fingerprint density at radius 1 is 1.57 bits per heavy atom. The van der Waals surface area contributed by atoms with Gasteiger partial charge in [-0.2, -0.15) is 16.9 Å². The Labute approximate surface area is 94.3 Å². The van der Waals surface area contributed by atoms with Gasteiger partial charge in [-0.05, 0) is 24.4 Å². The average molecular weight is 231 g/mol. The molecule has 3 nitrogen and oxygen atoms in total. The second kappa shape index (κ2) is 5.56. The van der Waals surface area contributed by atoms with Gasteiger partial charge in [-0.1, -0.05) is 13.8 Å². The zero-order valence-electron chi connectivity index (χ0n) is 8.91. The minimum Gasteiger partial charge on any atom is -0.304 e. The third-order valence-electron chi connectivity index (χ3n) is 1.91. The Balaban J connectivity index is 2.77. The SMILES string of the molecule is CSCCc1n[nH]c(=S)n1CC(C)C. The van der Waals surface area contributed by atoms with E-state index in [0.717, 1.165) is 29.3 Å². The summed E-state index contributed by atoms with van der Waals surface area (Å²) in [6, 6.07) is 0. The van der Waals surface area contributed by atoms with Crippen LogP contribution in [-0.2, 0) is 13.0 Å². The van der Waals surface area contributed by atoms with Gasteiger partial charge in [-0.15, -0.1) is 0 Å². The molecular weight excluding hydrogens is 214 g/mol. The Morgan fingerprint density at radius 3 is 2.86 bits per heavy atom. The van der Waals surface area contributed by atoms with Crippen LogP contribution in [0.1, 0.15) is 19.7 Å². The topological polar surface area (TPSA) is 33.6 Å². The first-order valence-electron chi connectivity index (χ1n) is 4.78. The van der Waals surface area contributed by atoms with Gasteiger partial charge >= 0.3 is 0 Å². The van der Waals surface area contributed by atoms with Crippen molar-refractivity contribution in [2.24, 2.45) is 5.92 Å². The summed E-state index contributed by atoms with van der Waals surface area (Å²) in [5.74, 6) is 2.78. The molecule has 1 rings (SSSR count). The summed E-state index contributed by atoms with van der Waals surface area (Å²) >= 11 is 7.01. The van der Waals surface area contributed by atoms with E-state index in [0.29, 0.717) is 5.92 Å². The fraction of sp³-hybridized carbons (Fsp3) is 0.778. The predicted octanol–water partition coefficient (Wildman–Crippen LogP) is 2.50. The minimum atomic E-state index is 0.604. The quantitative estimate of drug-likeness (QED) is 0.791. The standard InChI is InChI=1S/C9H17N3S2/c1-7(2)6-12-8(4-5-14-3)10-11-9(12)13/h7H,4-6H2,1-3H3,(H,11,13). The van der Waals surface area contributed by atoms with Crippen molar-refractivity contribution in [3.05, 3.63) is 10.6 Å². The molecule has 0 aliphatic heterocycles. The normalized spacial score (nSPS) is 11.1. The number of nitrogens with zero attached hydrogens (tertiary/aromatic N) is 2. The second-order valence-electron chi connectivity index (χ2n) is 3.69. The molecule has 0 aliphatic carbocycles. The molecule has 0 saturated heterocycles. The average Bonchev–Trinajstić information content (AvgIpc) is 2.45. The number of hydrogen-bond acceptors (Lipinski definition) is 3. The van der Waals surface area contributed by atoms with Crippen LogP contribution in [0.15, 0.2) is 0 Å². The van der Waals surface area contributed by atoms with E-state index >= 15 is 0 Å². The molecule has 0 atom stereocenters. The molecule has 1 N–H and O–H groups in total. The number of hydrogen-bond donors (Lipinski definition) is 1. The summed E-state index contributed by atoms with van der Waals surface area (Å²) in [6.07, 6.45) is 3.09. The highest BCUT2D eigenvalue weighted by Crippen LogP contribution is 2.06. The minimum absolute atomic E-state index is 0.604. The van der Waals surface area contributed by atoms with Crippen LogP contribution in [0.3, 0.4) is 0 Å². The molecule has 0 saturated carbocycles. The lowest BCUT2D eigenvalue weighted by atomic mass is 10.2. The molecule has 14 heavy (non-hydrogen) atoms. The van der Waals surface area contributed by atoms with Crippen LogP contribution in [0.5, 0.6) is 0 Å². The number of H-pyrrole nitrogens is 1. The Morgan fingerprint density at radius 2 is 2.29 bits per heavy atom. The van der Waals surface area contributed by atoms with Gasteiger partial charge in [0.25, 0.3) is 0 Å². The van der Waals surface area contributed by atoms with Gasteiger partial charge in [-0.25, -0.2) is 0 Å². The van der Waals surface area contributed by atoms with E-state index in [1.165, 1.54) is 0 Å². The molecule has 0 fully saturated rings. The summed E-state index contributed by atoms with van der Waals surface area (Å²) in [5, 5.41) is 7.10. The molecule has 80 valence electrons. The first-order chi connectivity index (χ1) is 6.65.